The first kappa shape index (κ1) is 10.7. The molecule has 1 atom stereocenters. The van der Waals surface area contributed by atoms with Crippen LogP contribution in [0.4, 0.5) is 5.69 Å². The molecule has 1 aromatic rings. The van der Waals surface area contributed by atoms with E-state index in [0.717, 1.165) is 22.9 Å². The van der Waals surface area contributed by atoms with Gasteiger partial charge in [0.2, 0.25) is 0 Å². The Hall–Kier alpha value is -0.830. The third-order valence-corrected chi connectivity index (χ3v) is 4.10. The Kier molecular flexibility index (Phi) is 2.59. The van der Waals surface area contributed by atoms with Crippen LogP contribution in [0.25, 0.3) is 0 Å². The van der Waals surface area contributed by atoms with Crippen LogP contribution in [0, 0.1) is 0 Å². The molecular formula is C12H17NOS. The quantitative estimate of drug-likeness (QED) is 0.673. The number of anilines is 1. The molecule has 0 aliphatic carbocycles. The smallest absolute Gasteiger partial charge is 0.0622 e. The minimum Gasteiger partial charge on any atom is -0.365 e. The van der Waals surface area contributed by atoms with Crippen LogP contribution in [0.5, 0.6) is 0 Å². The summed E-state index contributed by atoms with van der Waals surface area (Å²) in [5.41, 5.74) is 1.23. The molecule has 1 aliphatic heterocycles. The van der Waals surface area contributed by atoms with Crippen LogP contribution in [0.1, 0.15) is 20.8 Å². The molecule has 0 bridgehead atoms. The van der Waals surface area contributed by atoms with Gasteiger partial charge in [-0.25, -0.2) is 0 Å². The monoisotopic (exact) mass is 223 g/mol. The highest BCUT2D eigenvalue weighted by molar-refractivity contribution is 7.85. The van der Waals surface area contributed by atoms with E-state index in [9.17, 15) is 4.21 Å². The molecule has 0 spiro atoms. The average molecular weight is 223 g/mol. The summed E-state index contributed by atoms with van der Waals surface area (Å²) in [5, 5.41) is 0. The predicted octanol–water partition coefficient (Wildman–Crippen LogP) is 2.41. The van der Waals surface area contributed by atoms with E-state index in [0.29, 0.717) is 0 Å². The molecule has 2 nitrogen and oxygen atoms in total. The molecule has 0 saturated heterocycles. The lowest BCUT2D eigenvalue weighted by Gasteiger charge is -2.41. The van der Waals surface area contributed by atoms with E-state index in [1.807, 2.05) is 18.2 Å². The van der Waals surface area contributed by atoms with Crippen molar-refractivity contribution in [3.8, 4) is 0 Å². The molecule has 2 rings (SSSR count). The van der Waals surface area contributed by atoms with Crippen molar-refractivity contribution in [1.82, 2.24) is 0 Å². The maximum atomic E-state index is 11.8. The first-order chi connectivity index (χ1) is 7.00. The van der Waals surface area contributed by atoms with Gasteiger partial charge in [0.1, 0.15) is 0 Å². The summed E-state index contributed by atoms with van der Waals surface area (Å²) in [4.78, 5) is 3.32. The predicted molar refractivity (Wildman–Crippen MR) is 64.8 cm³/mol. The Morgan fingerprint density at radius 1 is 1.27 bits per heavy atom. The fourth-order valence-electron chi connectivity index (χ4n) is 1.97. The van der Waals surface area contributed by atoms with Crippen molar-refractivity contribution >= 4 is 16.5 Å². The number of hydrogen-bond acceptors (Lipinski definition) is 2. The van der Waals surface area contributed by atoms with Crippen LogP contribution in [0.2, 0.25) is 0 Å². The molecule has 0 saturated carbocycles. The molecular weight excluding hydrogens is 206 g/mol. The van der Waals surface area contributed by atoms with E-state index in [4.69, 9.17) is 0 Å². The topological polar surface area (TPSA) is 20.3 Å². The first-order valence-electron chi connectivity index (χ1n) is 5.25. The van der Waals surface area contributed by atoms with E-state index in [-0.39, 0.29) is 5.54 Å². The second-order valence-corrected chi connectivity index (χ2v) is 6.38. The molecule has 1 unspecified atom stereocenters. The third-order valence-electron chi connectivity index (χ3n) is 2.71. The van der Waals surface area contributed by atoms with Crippen LogP contribution in [-0.2, 0) is 10.8 Å². The van der Waals surface area contributed by atoms with Crippen LogP contribution < -0.4 is 4.90 Å². The van der Waals surface area contributed by atoms with Crippen molar-refractivity contribution in [2.24, 2.45) is 0 Å². The Morgan fingerprint density at radius 3 is 2.60 bits per heavy atom. The molecule has 0 aromatic heterocycles. The van der Waals surface area contributed by atoms with Crippen molar-refractivity contribution < 1.29 is 4.21 Å². The molecule has 0 fully saturated rings. The van der Waals surface area contributed by atoms with Gasteiger partial charge < -0.3 is 4.90 Å². The van der Waals surface area contributed by atoms with Gasteiger partial charge in [-0.1, -0.05) is 12.1 Å². The van der Waals surface area contributed by atoms with E-state index in [1.165, 1.54) is 0 Å². The molecule has 15 heavy (non-hydrogen) atoms. The van der Waals surface area contributed by atoms with Crippen molar-refractivity contribution in [3.05, 3.63) is 24.3 Å². The van der Waals surface area contributed by atoms with Gasteiger partial charge in [-0.05, 0) is 32.9 Å². The van der Waals surface area contributed by atoms with Crippen LogP contribution in [0.15, 0.2) is 29.2 Å². The van der Waals surface area contributed by atoms with Crippen molar-refractivity contribution in [1.29, 1.82) is 0 Å². The lowest BCUT2D eigenvalue weighted by Crippen LogP contribution is -2.46. The molecule has 1 heterocycles. The second kappa shape index (κ2) is 3.63. The molecule has 0 amide bonds. The van der Waals surface area contributed by atoms with Crippen molar-refractivity contribution in [2.45, 2.75) is 31.2 Å². The van der Waals surface area contributed by atoms with E-state index < -0.39 is 10.8 Å². The zero-order valence-corrected chi connectivity index (χ0v) is 10.3. The highest BCUT2D eigenvalue weighted by Crippen LogP contribution is 2.32. The normalized spacial score (nSPS) is 21.3. The molecule has 1 aliphatic rings. The van der Waals surface area contributed by atoms with Crippen molar-refractivity contribution in [2.75, 3.05) is 17.2 Å². The Labute approximate surface area is 93.7 Å². The van der Waals surface area contributed by atoms with Gasteiger partial charge in [0.15, 0.2) is 0 Å². The standard InChI is InChI=1S/C12H17NOS/c1-12(2,3)13-8-9-15(14)11-7-5-4-6-10(11)13/h4-7H,8-9H2,1-3H3. The van der Waals surface area contributed by atoms with Crippen LogP contribution in [-0.4, -0.2) is 22.0 Å². The maximum Gasteiger partial charge on any atom is 0.0622 e. The summed E-state index contributed by atoms with van der Waals surface area (Å²) in [6.45, 7) is 7.46. The maximum absolute atomic E-state index is 11.8. The average Bonchev–Trinajstić information content (AvgIpc) is 2.17. The van der Waals surface area contributed by atoms with Crippen LogP contribution in [0.3, 0.4) is 0 Å². The minimum absolute atomic E-state index is 0.0979. The van der Waals surface area contributed by atoms with Gasteiger partial charge in [-0.2, -0.15) is 0 Å². The van der Waals surface area contributed by atoms with Crippen LogP contribution >= 0.6 is 0 Å². The largest absolute Gasteiger partial charge is 0.365 e. The number of fused-ring (bicyclic) bond motifs is 1. The fraction of sp³-hybridized carbons (Fsp3) is 0.500. The van der Waals surface area contributed by atoms with Gasteiger partial charge in [0.25, 0.3) is 0 Å². The zero-order chi connectivity index (χ0) is 11.1. The summed E-state index contributed by atoms with van der Waals surface area (Å²) in [5.74, 6) is 0.744. The Balaban J connectivity index is 2.50. The third kappa shape index (κ3) is 1.93. The number of rotatable bonds is 0. The SMILES string of the molecule is CC(C)(C)N1CCS(=O)c2ccccc21. The number of para-hydroxylation sites is 1. The van der Waals surface area contributed by atoms with E-state index in [1.54, 1.807) is 0 Å². The highest BCUT2D eigenvalue weighted by atomic mass is 32.2. The van der Waals surface area contributed by atoms with Crippen molar-refractivity contribution in [3.63, 3.8) is 0 Å². The summed E-state index contributed by atoms with van der Waals surface area (Å²) in [7, 11) is -0.812. The highest BCUT2D eigenvalue weighted by Gasteiger charge is 2.28. The number of benzene rings is 1. The zero-order valence-electron chi connectivity index (χ0n) is 9.49. The number of nitrogens with zero attached hydrogens (tertiary/aromatic N) is 1. The second-order valence-electron chi connectivity index (χ2n) is 4.84. The van der Waals surface area contributed by atoms with Gasteiger partial charge in [-0.15, -0.1) is 0 Å². The van der Waals surface area contributed by atoms with Gasteiger partial charge >= 0.3 is 0 Å². The van der Waals surface area contributed by atoms with Gasteiger partial charge in [0, 0.05) is 17.8 Å². The molecule has 3 heteroatoms. The summed E-state index contributed by atoms with van der Waals surface area (Å²) < 4.78 is 11.8. The first-order valence-corrected chi connectivity index (χ1v) is 6.57. The molecule has 0 N–H and O–H groups in total. The van der Waals surface area contributed by atoms with Gasteiger partial charge in [-0.3, -0.25) is 4.21 Å². The molecule has 1 aromatic carbocycles. The molecule has 82 valence electrons. The van der Waals surface area contributed by atoms with Gasteiger partial charge in [0.05, 0.1) is 21.4 Å². The summed E-state index contributed by atoms with van der Waals surface area (Å²) >= 11 is 0. The van der Waals surface area contributed by atoms with E-state index in [2.05, 4.69) is 31.7 Å². The Bertz CT molecular complexity index is 395. The molecule has 0 radical (unpaired) electrons. The Morgan fingerprint density at radius 2 is 1.93 bits per heavy atom. The summed E-state index contributed by atoms with van der Waals surface area (Å²) in [6.07, 6.45) is 0. The number of hydrogen-bond donors (Lipinski definition) is 0. The lowest BCUT2D eigenvalue weighted by molar-refractivity contribution is 0.507. The summed E-state index contributed by atoms with van der Waals surface area (Å²) in [6, 6.07) is 8.02. The minimum atomic E-state index is -0.812. The van der Waals surface area contributed by atoms with E-state index >= 15 is 0 Å². The fourth-order valence-corrected chi connectivity index (χ4v) is 3.18. The lowest BCUT2D eigenvalue weighted by atomic mass is 10.0.